The number of aryl methyl sites for hydroxylation is 1. The van der Waals surface area contributed by atoms with Gasteiger partial charge in [0.1, 0.15) is 5.82 Å². The van der Waals surface area contributed by atoms with E-state index in [0.717, 1.165) is 22.5 Å². The summed E-state index contributed by atoms with van der Waals surface area (Å²) in [7, 11) is 0. The summed E-state index contributed by atoms with van der Waals surface area (Å²) in [4.78, 5) is 4.18. The molecular formula is C10H11N3. The van der Waals surface area contributed by atoms with Gasteiger partial charge in [-0.15, -0.1) is 0 Å². The van der Waals surface area contributed by atoms with Crippen molar-refractivity contribution in [2.75, 3.05) is 5.73 Å². The van der Waals surface area contributed by atoms with Gasteiger partial charge in [-0.2, -0.15) is 0 Å². The molecule has 0 aromatic carbocycles. The van der Waals surface area contributed by atoms with Crippen LogP contribution in [-0.2, 0) is 0 Å². The molecular weight excluding hydrogens is 162 g/mol. The maximum atomic E-state index is 5.79. The smallest absolute Gasteiger partial charge is 0.133 e. The fourth-order valence-corrected chi connectivity index (χ4v) is 1.49. The lowest BCUT2D eigenvalue weighted by Gasteiger charge is -2.16. The topological polar surface area (TPSA) is 50.9 Å². The summed E-state index contributed by atoms with van der Waals surface area (Å²) >= 11 is 0. The molecule has 1 aliphatic rings. The van der Waals surface area contributed by atoms with E-state index in [9.17, 15) is 0 Å². The second-order valence-electron chi connectivity index (χ2n) is 3.07. The van der Waals surface area contributed by atoms with E-state index in [0.29, 0.717) is 5.82 Å². The minimum Gasteiger partial charge on any atom is -0.383 e. The van der Waals surface area contributed by atoms with Gasteiger partial charge in [-0.05, 0) is 24.6 Å². The number of pyridine rings is 1. The van der Waals surface area contributed by atoms with Crippen LogP contribution in [0.5, 0.6) is 0 Å². The van der Waals surface area contributed by atoms with E-state index in [1.54, 1.807) is 0 Å². The first-order chi connectivity index (χ1) is 6.18. The van der Waals surface area contributed by atoms with Gasteiger partial charge in [0.2, 0.25) is 0 Å². The molecule has 0 fully saturated rings. The Hall–Kier alpha value is -1.77. The van der Waals surface area contributed by atoms with Crippen LogP contribution in [0, 0.1) is 6.92 Å². The predicted molar refractivity (Wildman–Crippen MR) is 54.6 cm³/mol. The molecule has 66 valence electrons. The van der Waals surface area contributed by atoms with Crippen LogP contribution < -0.4 is 11.1 Å². The molecule has 0 bridgehead atoms. The number of fused-ring (bicyclic) bond motifs is 1. The Morgan fingerprint density at radius 2 is 2.31 bits per heavy atom. The maximum Gasteiger partial charge on any atom is 0.133 e. The van der Waals surface area contributed by atoms with Crippen molar-refractivity contribution >= 4 is 17.6 Å². The molecule has 3 heteroatoms. The van der Waals surface area contributed by atoms with Crippen molar-refractivity contribution < 1.29 is 0 Å². The van der Waals surface area contributed by atoms with Crippen molar-refractivity contribution in [3.63, 3.8) is 0 Å². The lowest BCUT2D eigenvalue weighted by atomic mass is 10.0. The Morgan fingerprint density at radius 3 is 3.08 bits per heavy atom. The number of nitrogens with one attached hydrogen (secondary N) is 1. The summed E-state index contributed by atoms with van der Waals surface area (Å²) in [5.41, 5.74) is 9.51. The van der Waals surface area contributed by atoms with E-state index in [1.807, 2.05) is 25.3 Å². The summed E-state index contributed by atoms with van der Waals surface area (Å²) in [6, 6.07) is 1.99. The van der Waals surface area contributed by atoms with Gasteiger partial charge in [0, 0.05) is 23.2 Å². The van der Waals surface area contributed by atoms with Crippen molar-refractivity contribution in [3.05, 3.63) is 35.7 Å². The fourth-order valence-electron chi connectivity index (χ4n) is 1.49. The van der Waals surface area contributed by atoms with E-state index < -0.39 is 0 Å². The Bertz CT molecular complexity index is 405. The van der Waals surface area contributed by atoms with Crippen LogP contribution in [0.25, 0.3) is 11.8 Å². The second kappa shape index (κ2) is 2.62. The third-order valence-electron chi connectivity index (χ3n) is 2.03. The first-order valence-corrected chi connectivity index (χ1v) is 4.08. The Morgan fingerprint density at radius 1 is 1.54 bits per heavy atom. The van der Waals surface area contributed by atoms with Gasteiger partial charge >= 0.3 is 0 Å². The summed E-state index contributed by atoms with van der Waals surface area (Å²) < 4.78 is 0. The first kappa shape index (κ1) is 7.86. The van der Waals surface area contributed by atoms with Crippen molar-refractivity contribution in [2.45, 2.75) is 6.92 Å². The lowest BCUT2D eigenvalue weighted by Crippen LogP contribution is -2.12. The highest BCUT2D eigenvalue weighted by Crippen LogP contribution is 2.26. The van der Waals surface area contributed by atoms with Crippen LogP contribution in [0.2, 0.25) is 0 Å². The van der Waals surface area contributed by atoms with E-state index in [1.165, 1.54) is 0 Å². The number of aromatic nitrogens is 1. The quantitative estimate of drug-likeness (QED) is 0.625. The summed E-state index contributed by atoms with van der Waals surface area (Å²) in [6.07, 6.45) is 3.82. The summed E-state index contributed by atoms with van der Waals surface area (Å²) in [5.74, 6) is 0.539. The monoisotopic (exact) mass is 173 g/mol. The summed E-state index contributed by atoms with van der Waals surface area (Å²) in [5, 5.41) is 3.00. The number of hydrogen-bond donors (Lipinski definition) is 2. The SMILES string of the molecule is C=C1NC=Cc2cc(C)nc(N)c21. The number of rotatable bonds is 0. The standard InChI is InChI=1S/C10H11N3/c1-6-5-8-3-4-12-7(2)9(8)10(11)13-6/h3-5,12H,2H2,1H3,(H2,11,13). The van der Waals surface area contributed by atoms with Gasteiger partial charge < -0.3 is 11.1 Å². The number of nitrogen functional groups attached to an aromatic ring is 1. The third-order valence-corrected chi connectivity index (χ3v) is 2.03. The van der Waals surface area contributed by atoms with Crippen LogP contribution in [0.15, 0.2) is 18.8 Å². The molecule has 1 aliphatic heterocycles. The molecule has 0 unspecified atom stereocenters. The fraction of sp³-hybridized carbons (Fsp3) is 0.100. The Balaban J connectivity index is 2.71. The highest BCUT2D eigenvalue weighted by Gasteiger charge is 2.12. The zero-order valence-electron chi connectivity index (χ0n) is 7.46. The van der Waals surface area contributed by atoms with Crippen molar-refractivity contribution in [1.29, 1.82) is 0 Å². The van der Waals surface area contributed by atoms with Gasteiger partial charge in [-0.3, -0.25) is 0 Å². The molecule has 3 N–H and O–H groups in total. The molecule has 0 saturated carbocycles. The lowest BCUT2D eigenvalue weighted by molar-refractivity contribution is 1.15. The maximum absolute atomic E-state index is 5.79. The van der Waals surface area contributed by atoms with Crippen LogP contribution in [0.1, 0.15) is 16.8 Å². The van der Waals surface area contributed by atoms with E-state index in [-0.39, 0.29) is 0 Å². The Kier molecular flexibility index (Phi) is 1.59. The van der Waals surface area contributed by atoms with Gasteiger partial charge in [-0.1, -0.05) is 6.58 Å². The number of nitrogens with zero attached hydrogens (tertiary/aromatic N) is 1. The molecule has 0 radical (unpaired) electrons. The molecule has 1 aromatic rings. The highest BCUT2D eigenvalue weighted by atomic mass is 14.9. The van der Waals surface area contributed by atoms with Gasteiger partial charge in [-0.25, -0.2) is 4.98 Å². The second-order valence-corrected chi connectivity index (χ2v) is 3.07. The third kappa shape index (κ3) is 1.18. The molecule has 0 atom stereocenters. The predicted octanol–water partition coefficient (Wildman–Crippen LogP) is 1.52. The molecule has 0 amide bonds. The Labute approximate surface area is 77.0 Å². The zero-order chi connectivity index (χ0) is 9.42. The van der Waals surface area contributed by atoms with E-state index in [4.69, 9.17) is 5.73 Å². The minimum absolute atomic E-state index is 0.539. The van der Waals surface area contributed by atoms with Gasteiger partial charge in [0.15, 0.2) is 0 Å². The molecule has 0 aliphatic carbocycles. The molecule has 2 rings (SSSR count). The largest absolute Gasteiger partial charge is 0.383 e. The highest BCUT2D eigenvalue weighted by molar-refractivity contribution is 5.82. The number of nitrogens with two attached hydrogens (primary N) is 1. The molecule has 13 heavy (non-hydrogen) atoms. The number of hydrogen-bond acceptors (Lipinski definition) is 3. The minimum atomic E-state index is 0.539. The average Bonchev–Trinajstić information content (AvgIpc) is 2.02. The van der Waals surface area contributed by atoms with Crippen molar-refractivity contribution in [2.24, 2.45) is 0 Å². The average molecular weight is 173 g/mol. The zero-order valence-corrected chi connectivity index (χ0v) is 7.46. The number of anilines is 1. The van der Waals surface area contributed by atoms with E-state index >= 15 is 0 Å². The van der Waals surface area contributed by atoms with Crippen LogP contribution in [-0.4, -0.2) is 4.98 Å². The molecule has 3 nitrogen and oxygen atoms in total. The van der Waals surface area contributed by atoms with E-state index in [2.05, 4.69) is 16.9 Å². The van der Waals surface area contributed by atoms with Crippen molar-refractivity contribution in [3.8, 4) is 0 Å². The molecule has 0 saturated heterocycles. The van der Waals surface area contributed by atoms with Crippen LogP contribution in [0.3, 0.4) is 0 Å². The van der Waals surface area contributed by atoms with Gasteiger partial charge in [0.25, 0.3) is 0 Å². The summed E-state index contributed by atoms with van der Waals surface area (Å²) in [6.45, 7) is 5.79. The molecule has 1 aromatic heterocycles. The van der Waals surface area contributed by atoms with Crippen molar-refractivity contribution in [1.82, 2.24) is 10.3 Å². The normalized spacial score (nSPS) is 13.8. The van der Waals surface area contributed by atoms with Crippen LogP contribution >= 0.6 is 0 Å². The first-order valence-electron chi connectivity index (χ1n) is 4.08. The van der Waals surface area contributed by atoms with Gasteiger partial charge in [0.05, 0.1) is 0 Å². The van der Waals surface area contributed by atoms with Crippen LogP contribution in [0.4, 0.5) is 5.82 Å². The molecule has 0 spiro atoms. The molecule has 2 heterocycles.